The van der Waals surface area contributed by atoms with E-state index < -0.39 is 0 Å². The number of para-hydroxylation sites is 1. The van der Waals surface area contributed by atoms with Crippen molar-refractivity contribution in [3.8, 4) is 11.4 Å². The zero-order valence-electron chi connectivity index (χ0n) is 9.70. The number of H-pyrrole nitrogens is 1. The number of hydrogen-bond acceptors (Lipinski definition) is 0. The summed E-state index contributed by atoms with van der Waals surface area (Å²) in [7, 11) is 0. The maximum absolute atomic E-state index is 3.55. The van der Waals surface area contributed by atoms with E-state index in [0.29, 0.717) is 0 Å². The standard InChI is InChI=1S/C15H12N2/c1-10-5-4-8-17-9-12-11-6-2-3-7-13(11)16-14(12)15(10)17/h2-8H,9H2,1H3/p+1. The summed E-state index contributed by atoms with van der Waals surface area (Å²) >= 11 is 0. The molecule has 3 aromatic rings. The van der Waals surface area contributed by atoms with Crippen molar-refractivity contribution in [1.29, 1.82) is 0 Å². The van der Waals surface area contributed by atoms with Crippen molar-refractivity contribution >= 4 is 10.9 Å². The minimum absolute atomic E-state index is 0.982. The van der Waals surface area contributed by atoms with Gasteiger partial charge < -0.3 is 4.98 Å². The van der Waals surface area contributed by atoms with Crippen LogP contribution in [0.3, 0.4) is 0 Å². The molecule has 0 amide bonds. The Bertz CT molecular complexity index is 738. The molecule has 4 rings (SSSR count). The highest BCUT2D eigenvalue weighted by atomic mass is 15.0. The van der Waals surface area contributed by atoms with Crippen LogP contribution in [0.2, 0.25) is 0 Å². The number of aromatic nitrogens is 2. The largest absolute Gasteiger partial charge is 0.349 e. The predicted molar refractivity (Wildman–Crippen MR) is 67.8 cm³/mol. The zero-order chi connectivity index (χ0) is 11.4. The number of benzene rings is 1. The van der Waals surface area contributed by atoms with Crippen molar-refractivity contribution < 1.29 is 4.57 Å². The third kappa shape index (κ3) is 1.07. The summed E-state index contributed by atoms with van der Waals surface area (Å²) in [4.78, 5) is 3.55. The average Bonchev–Trinajstić information content (AvgIpc) is 2.85. The lowest BCUT2D eigenvalue weighted by molar-refractivity contribution is -0.672. The van der Waals surface area contributed by atoms with E-state index >= 15 is 0 Å². The van der Waals surface area contributed by atoms with Crippen LogP contribution in [0.5, 0.6) is 0 Å². The van der Waals surface area contributed by atoms with Gasteiger partial charge in [0.1, 0.15) is 5.69 Å². The molecule has 0 spiro atoms. The molecule has 2 nitrogen and oxygen atoms in total. The molecule has 0 saturated carbocycles. The van der Waals surface area contributed by atoms with Gasteiger partial charge in [0.15, 0.2) is 12.7 Å². The SMILES string of the molecule is Cc1ccc[n+]2c1-c1[nH]c3ccccc3c1C2. The fourth-order valence-electron chi connectivity index (χ4n) is 2.88. The van der Waals surface area contributed by atoms with Gasteiger partial charge in [0.25, 0.3) is 0 Å². The first kappa shape index (κ1) is 8.99. The molecular weight excluding hydrogens is 208 g/mol. The highest BCUT2D eigenvalue weighted by Crippen LogP contribution is 2.33. The Morgan fingerprint density at radius 2 is 2.00 bits per heavy atom. The third-order valence-corrected chi connectivity index (χ3v) is 3.65. The van der Waals surface area contributed by atoms with Crippen molar-refractivity contribution in [3.05, 3.63) is 53.7 Å². The Balaban J connectivity index is 2.13. The van der Waals surface area contributed by atoms with Crippen LogP contribution in [0, 0.1) is 6.92 Å². The maximum atomic E-state index is 3.55. The quantitative estimate of drug-likeness (QED) is 0.440. The van der Waals surface area contributed by atoms with E-state index in [1.165, 1.54) is 33.4 Å². The fraction of sp³-hybridized carbons (Fsp3) is 0.133. The molecule has 0 aliphatic carbocycles. The second-order valence-electron chi connectivity index (χ2n) is 4.69. The van der Waals surface area contributed by atoms with Crippen LogP contribution in [0.25, 0.3) is 22.3 Å². The Morgan fingerprint density at radius 3 is 2.94 bits per heavy atom. The molecule has 1 aliphatic rings. The topological polar surface area (TPSA) is 19.7 Å². The van der Waals surface area contributed by atoms with Crippen LogP contribution < -0.4 is 4.57 Å². The smallest absolute Gasteiger partial charge is 0.232 e. The summed E-state index contributed by atoms with van der Waals surface area (Å²) in [6.45, 7) is 3.16. The molecule has 82 valence electrons. The Hall–Kier alpha value is -2.09. The first-order valence-corrected chi connectivity index (χ1v) is 5.93. The number of hydrogen-bond donors (Lipinski definition) is 1. The van der Waals surface area contributed by atoms with E-state index in [1.54, 1.807) is 0 Å². The maximum Gasteiger partial charge on any atom is 0.232 e. The monoisotopic (exact) mass is 221 g/mol. The second kappa shape index (κ2) is 2.98. The van der Waals surface area contributed by atoms with Gasteiger partial charge in [-0.2, -0.15) is 4.57 Å². The Labute approximate surface area is 99.5 Å². The highest BCUT2D eigenvalue weighted by molar-refractivity contribution is 5.90. The molecule has 1 N–H and O–H groups in total. The van der Waals surface area contributed by atoms with Crippen molar-refractivity contribution in [2.24, 2.45) is 0 Å². The van der Waals surface area contributed by atoms with Crippen LogP contribution in [0.4, 0.5) is 0 Å². The van der Waals surface area contributed by atoms with Crippen LogP contribution in [0.15, 0.2) is 42.6 Å². The van der Waals surface area contributed by atoms with Crippen LogP contribution in [0.1, 0.15) is 11.1 Å². The second-order valence-corrected chi connectivity index (χ2v) is 4.69. The van der Waals surface area contributed by atoms with Crippen molar-refractivity contribution in [2.75, 3.05) is 0 Å². The molecule has 0 atom stereocenters. The predicted octanol–water partition coefficient (Wildman–Crippen LogP) is 2.79. The molecule has 1 aromatic carbocycles. The van der Waals surface area contributed by atoms with E-state index in [4.69, 9.17) is 0 Å². The molecule has 3 heterocycles. The average molecular weight is 221 g/mol. The number of rotatable bonds is 0. The van der Waals surface area contributed by atoms with E-state index in [9.17, 15) is 0 Å². The number of nitrogens with zero attached hydrogens (tertiary/aromatic N) is 1. The summed E-state index contributed by atoms with van der Waals surface area (Å²) in [6.07, 6.45) is 2.16. The molecular formula is C15H13N2+. The number of pyridine rings is 1. The van der Waals surface area contributed by atoms with E-state index in [0.717, 1.165) is 6.54 Å². The van der Waals surface area contributed by atoms with Crippen molar-refractivity contribution in [1.82, 2.24) is 4.98 Å². The van der Waals surface area contributed by atoms with Crippen LogP contribution in [-0.4, -0.2) is 4.98 Å². The van der Waals surface area contributed by atoms with Gasteiger partial charge in [-0.05, 0) is 19.1 Å². The lowest BCUT2D eigenvalue weighted by atomic mass is 10.1. The molecule has 0 fully saturated rings. The van der Waals surface area contributed by atoms with Gasteiger partial charge in [-0.3, -0.25) is 0 Å². The van der Waals surface area contributed by atoms with E-state index in [1.807, 2.05) is 0 Å². The third-order valence-electron chi connectivity index (χ3n) is 3.65. The van der Waals surface area contributed by atoms with Gasteiger partial charge in [-0.25, -0.2) is 0 Å². The molecule has 0 radical (unpaired) electrons. The lowest BCUT2D eigenvalue weighted by Crippen LogP contribution is -2.32. The minimum Gasteiger partial charge on any atom is -0.349 e. The number of fused-ring (bicyclic) bond motifs is 5. The van der Waals surface area contributed by atoms with Gasteiger partial charge >= 0.3 is 0 Å². The molecule has 0 bridgehead atoms. The summed E-state index contributed by atoms with van der Waals surface area (Å²) in [5.74, 6) is 0. The van der Waals surface area contributed by atoms with Gasteiger partial charge in [0.05, 0.1) is 5.56 Å². The van der Waals surface area contributed by atoms with E-state index in [2.05, 4.69) is 59.1 Å². The molecule has 17 heavy (non-hydrogen) atoms. The number of aromatic amines is 1. The highest BCUT2D eigenvalue weighted by Gasteiger charge is 2.30. The van der Waals surface area contributed by atoms with Crippen LogP contribution in [-0.2, 0) is 6.54 Å². The molecule has 0 saturated heterocycles. The minimum atomic E-state index is 0.982. The van der Waals surface area contributed by atoms with Crippen molar-refractivity contribution in [2.45, 2.75) is 13.5 Å². The van der Waals surface area contributed by atoms with Gasteiger partial charge in [0.2, 0.25) is 5.69 Å². The lowest BCUT2D eigenvalue weighted by Gasteiger charge is -1.97. The molecule has 2 heteroatoms. The molecule has 2 aromatic heterocycles. The summed E-state index contributed by atoms with van der Waals surface area (Å²) in [5, 5.41) is 1.35. The zero-order valence-corrected chi connectivity index (χ0v) is 9.70. The van der Waals surface area contributed by atoms with E-state index in [-0.39, 0.29) is 0 Å². The molecule has 0 unspecified atom stereocenters. The first-order valence-electron chi connectivity index (χ1n) is 5.93. The Kier molecular flexibility index (Phi) is 1.57. The number of nitrogens with one attached hydrogen (secondary N) is 1. The summed E-state index contributed by atoms with van der Waals surface area (Å²) in [5.41, 5.74) is 6.63. The Morgan fingerprint density at radius 1 is 1.12 bits per heavy atom. The summed E-state index contributed by atoms with van der Waals surface area (Å²) < 4.78 is 2.32. The summed E-state index contributed by atoms with van der Waals surface area (Å²) in [6, 6.07) is 12.8. The normalized spacial score (nSPS) is 12.8. The fourth-order valence-corrected chi connectivity index (χ4v) is 2.88. The van der Waals surface area contributed by atoms with Gasteiger partial charge in [0, 0.05) is 22.5 Å². The van der Waals surface area contributed by atoms with Crippen molar-refractivity contribution in [3.63, 3.8) is 0 Å². The number of aryl methyl sites for hydroxylation is 1. The van der Waals surface area contributed by atoms with Crippen LogP contribution >= 0.6 is 0 Å². The van der Waals surface area contributed by atoms with Gasteiger partial charge in [-0.15, -0.1) is 0 Å². The first-order chi connectivity index (χ1) is 8.34. The molecule has 1 aliphatic heterocycles. The van der Waals surface area contributed by atoms with Gasteiger partial charge in [-0.1, -0.05) is 18.2 Å².